The largest absolute Gasteiger partial charge is 0.355 e. The highest BCUT2D eigenvalue weighted by atomic mass is 79.9. The summed E-state index contributed by atoms with van der Waals surface area (Å²) in [5, 5.41) is 11.8. The molecule has 2 aromatic rings. The van der Waals surface area contributed by atoms with Crippen LogP contribution >= 0.6 is 27.3 Å². The number of rotatable bonds is 6. The quantitative estimate of drug-likeness (QED) is 0.685. The van der Waals surface area contributed by atoms with E-state index in [4.69, 9.17) is 5.26 Å². The Balaban J connectivity index is 1.50. The number of carbonyl (C=O) groups is 1. The lowest BCUT2D eigenvalue weighted by Gasteiger charge is -2.30. The van der Waals surface area contributed by atoms with Crippen molar-refractivity contribution in [3.63, 3.8) is 0 Å². The SMILES string of the molecule is N#Cc1ccc(S(=O)(=O)N2CCC(C(=O)NCCc3ccc(Br)s3)CC2)cc1. The molecule has 2 heterocycles. The van der Waals surface area contributed by atoms with Gasteiger partial charge >= 0.3 is 0 Å². The van der Waals surface area contributed by atoms with E-state index in [-0.39, 0.29) is 16.7 Å². The van der Waals surface area contributed by atoms with Crippen LogP contribution < -0.4 is 5.32 Å². The molecule has 1 aromatic heterocycles. The molecule has 3 rings (SSSR count). The topological polar surface area (TPSA) is 90.3 Å². The van der Waals surface area contributed by atoms with Crippen LogP contribution in [0.15, 0.2) is 45.1 Å². The Kier molecular flexibility index (Phi) is 6.88. The summed E-state index contributed by atoms with van der Waals surface area (Å²) in [5.74, 6) is -0.173. The van der Waals surface area contributed by atoms with Crippen LogP contribution in [0, 0.1) is 17.2 Å². The fraction of sp³-hybridized carbons (Fsp3) is 0.368. The number of sulfonamides is 1. The number of benzene rings is 1. The zero-order valence-corrected chi connectivity index (χ0v) is 18.3. The number of piperidine rings is 1. The van der Waals surface area contributed by atoms with Gasteiger partial charge in [0, 0.05) is 30.4 Å². The minimum atomic E-state index is -3.60. The minimum absolute atomic E-state index is 0.00829. The summed E-state index contributed by atoms with van der Waals surface area (Å²) in [6.07, 6.45) is 1.80. The van der Waals surface area contributed by atoms with Gasteiger partial charge in [-0.05, 0) is 71.6 Å². The highest BCUT2D eigenvalue weighted by molar-refractivity contribution is 9.11. The Labute approximate surface area is 177 Å². The van der Waals surface area contributed by atoms with Crippen LogP contribution in [0.25, 0.3) is 0 Å². The van der Waals surface area contributed by atoms with Crippen LogP contribution in [-0.4, -0.2) is 38.3 Å². The number of carbonyl (C=O) groups excluding carboxylic acids is 1. The lowest BCUT2D eigenvalue weighted by atomic mass is 9.97. The maximum Gasteiger partial charge on any atom is 0.243 e. The third kappa shape index (κ3) is 5.00. The van der Waals surface area contributed by atoms with Gasteiger partial charge in [-0.15, -0.1) is 11.3 Å². The van der Waals surface area contributed by atoms with Gasteiger partial charge in [-0.1, -0.05) is 0 Å². The summed E-state index contributed by atoms with van der Waals surface area (Å²) < 4.78 is 28.0. The molecule has 0 radical (unpaired) electrons. The van der Waals surface area contributed by atoms with Crippen molar-refractivity contribution < 1.29 is 13.2 Å². The van der Waals surface area contributed by atoms with Gasteiger partial charge in [0.1, 0.15) is 0 Å². The Morgan fingerprint density at radius 1 is 1.21 bits per heavy atom. The number of nitrogens with zero attached hydrogens (tertiary/aromatic N) is 2. The van der Waals surface area contributed by atoms with Crippen LogP contribution in [0.1, 0.15) is 23.3 Å². The molecular weight excluding hydrogens is 462 g/mol. The average molecular weight is 482 g/mol. The van der Waals surface area contributed by atoms with Gasteiger partial charge in [-0.2, -0.15) is 9.57 Å². The smallest absolute Gasteiger partial charge is 0.243 e. The monoisotopic (exact) mass is 481 g/mol. The molecule has 1 saturated heterocycles. The number of nitrogens with one attached hydrogen (secondary N) is 1. The zero-order valence-electron chi connectivity index (χ0n) is 15.1. The van der Waals surface area contributed by atoms with Crippen molar-refractivity contribution in [3.05, 3.63) is 50.6 Å². The number of halogens is 1. The number of thiophene rings is 1. The molecule has 0 bridgehead atoms. The maximum atomic E-state index is 12.7. The van der Waals surface area contributed by atoms with Crippen molar-refractivity contribution in [1.29, 1.82) is 5.26 Å². The van der Waals surface area contributed by atoms with Gasteiger partial charge in [-0.25, -0.2) is 8.42 Å². The predicted octanol–water partition coefficient (Wildman–Crippen LogP) is 3.14. The van der Waals surface area contributed by atoms with Crippen molar-refractivity contribution in [2.75, 3.05) is 19.6 Å². The van der Waals surface area contributed by atoms with E-state index < -0.39 is 10.0 Å². The molecule has 6 nitrogen and oxygen atoms in total. The second kappa shape index (κ2) is 9.18. The average Bonchev–Trinajstić information content (AvgIpc) is 3.13. The lowest BCUT2D eigenvalue weighted by Crippen LogP contribution is -2.43. The molecule has 0 saturated carbocycles. The van der Waals surface area contributed by atoms with Crippen LogP contribution in [0.3, 0.4) is 0 Å². The molecule has 9 heteroatoms. The fourth-order valence-electron chi connectivity index (χ4n) is 3.15. The van der Waals surface area contributed by atoms with Crippen LogP contribution in [0.5, 0.6) is 0 Å². The van der Waals surface area contributed by atoms with Crippen molar-refractivity contribution >= 4 is 43.2 Å². The van der Waals surface area contributed by atoms with Crippen molar-refractivity contribution in [2.24, 2.45) is 5.92 Å². The van der Waals surface area contributed by atoms with Crippen molar-refractivity contribution in [2.45, 2.75) is 24.2 Å². The zero-order chi connectivity index (χ0) is 20.1. The van der Waals surface area contributed by atoms with E-state index in [1.165, 1.54) is 33.4 Å². The number of nitriles is 1. The van der Waals surface area contributed by atoms with Gasteiger partial charge in [0.2, 0.25) is 15.9 Å². The summed E-state index contributed by atoms with van der Waals surface area (Å²) in [5.41, 5.74) is 0.421. The molecule has 0 unspecified atom stereocenters. The highest BCUT2D eigenvalue weighted by Gasteiger charge is 2.31. The molecule has 1 aromatic carbocycles. The predicted molar refractivity (Wildman–Crippen MR) is 111 cm³/mol. The molecule has 0 spiro atoms. The van der Waals surface area contributed by atoms with E-state index >= 15 is 0 Å². The molecule has 1 amide bonds. The Morgan fingerprint density at radius 2 is 1.89 bits per heavy atom. The van der Waals surface area contributed by atoms with Crippen LogP contribution in [0.4, 0.5) is 0 Å². The summed E-state index contributed by atoms with van der Waals surface area (Å²) in [6.45, 7) is 1.21. The molecule has 1 aliphatic rings. The molecule has 28 heavy (non-hydrogen) atoms. The third-order valence-corrected chi connectivity index (χ3v) is 8.34. The first-order valence-corrected chi connectivity index (χ1v) is 12.0. The molecule has 0 atom stereocenters. The molecule has 0 aliphatic carbocycles. The minimum Gasteiger partial charge on any atom is -0.355 e. The molecule has 148 valence electrons. The number of hydrogen-bond donors (Lipinski definition) is 1. The number of amides is 1. The molecule has 1 aliphatic heterocycles. The second-order valence-corrected chi connectivity index (χ2v) is 11.0. The first-order valence-electron chi connectivity index (χ1n) is 8.92. The van der Waals surface area contributed by atoms with E-state index in [2.05, 4.69) is 21.2 Å². The Morgan fingerprint density at radius 3 is 2.46 bits per heavy atom. The molecule has 1 fully saturated rings. The Bertz CT molecular complexity index is 973. The van der Waals surface area contributed by atoms with Crippen LogP contribution in [0.2, 0.25) is 0 Å². The first kappa shape index (κ1) is 21.0. The van der Waals surface area contributed by atoms with E-state index in [0.717, 1.165) is 10.2 Å². The lowest BCUT2D eigenvalue weighted by molar-refractivity contribution is -0.126. The third-order valence-electron chi connectivity index (χ3n) is 4.75. The summed E-state index contributed by atoms with van der Waals surface area (Å²) in [6, 6.07) is 11.9. The highest BCUT2D eigenvalue weighted by Crippen LogP contribution is 2.25. The van der Waals surface area contributed by atoms with Crippen molar-refractivity contribution in [1.82, 2.24) is 9.62 Å². The van der Waals surface area contributed by atoms with Gasteiger partial charge in [0.15, 0.2) is 0 Å². The van der Waals surface area contributed by atoms with Gasteiger partial charge < -0.3 is 5.32 Å². The van der Waals surface area contributed by atoms with Gasteiger partial charge in [-0.3, -0.25) is 4.79 Å². The summed E-state index contributed by atoms with van der Waals surface area (Å²) in [7, 11) is -3.60. The van der Waals surface area contributed by atoms with Crippen LogP contribution in [-0.2, 0) is 21.2 Å². The van der Waals surface area contributed by atoms with E-state index in [1.54, 1.807) is 11.3 Å². The first-order chi connectivity index (χ1) is 13.4. The maximum absolute atomic E-state index is 12.7. The Hall–Kier alpha value is -1.73. The molecule has 1 N–H and O–H groups in total. The van der Waals surface area contributed by atoms with Crippen molar-refractivity contribution in [3.8, 4) is 6.07 Å². The van der Waals surface area contributed by atoms with Gasteiger partial charge in [0.25, 0.3) is 0 Å². The molecular formula is C19H20BrN3O3S2. The second-order valence-electron chi connectivity index (χ2n) is 6.56. The summed E-state index contributed by atoms with van der Waals surface area (Å²) >= 11 is 5.08. The van der Waals surface area contributed by atoms with Gasteiger partial charge in [0.05, 0.1) is 20.3 Å². The van der Waals surface area contributed by atoms with E-state index in [0.29, 0.717) is 38.0 Å². The van der Waals surface area contributed by atoms with E-state index in [9.17, 15) is 13.2 Å². The fourth-order valence-corrected chi connectivity index (χ4v) is 6.10. The van der Waals surface area contributed by atoms with E-state index in [1.807, 2.05) is 18.2 Å². The number of hydrogen-bond acceptors (Lipinski definition) is 5. The summed E-state index contributed by atoms with van der Waals surface area (Å²) in [4.78, 5) is 13.8. The standard InChI is InChI=1S/C19H20BrN3O3S2/c20-18-6-3-16(27-18)7-10-22-19(24)15-8-11-23(12-9-15)28(25,26)17-4-1-14(13-21)2-5-17/h1-6,15H,7-12H2,(H,22,24). The normalized spacial score (nSPS) is 15.9.